The van der Waals surface area contributed by atoms with Crippen LogP contribution in [0.3, 0.4) is 0 Å². The van der Waals surface area contributed by atoms with E-state index in [9.17, 15) is 9.59 Å². The van der Waals surface area contributed by atoms with Gasteiger partial charge in [0.1, 0.15) is 0 Å². The quantitative estimate of drug-likeness (QED) is 0.524. The Hall–Kier alpha value is -1.92. The number of carbonyl (C=O) groups is 2. The second-order valence-electron chi connectivity index (χ2n) is 2.56. The molecule has 1 heterocycles. The molecular formula is C8H11N3O4. The zero-order valence-electron chi connectivity index (χ0n) is 8.23. The maximum absolute atomic E-state index is 11.0. The van der Waals surface area contributed by atoms with Gasteiger partial charge in [-0.2, -0.15) is 4.98 Å². The summed E-state index contributed by atoms with van der Waals surface area (Å²) in [6.07, 6.45) is 1.65. The predicted octanol–water partition coefficient (Wildman–Crippen LogP) is -0.709. The first kappa shape index (κ1) is 11.2. The standard InChI is InChI=1S/C8H11N3O4/c1-2-14-8(13)7(12)9-4-3-6-10-5-11-15-6/h5H,2-4H2,1H3,(H,9,12). The van der Waals surface area contributed by atoms with Gasteiger partial charge in [-0.3, -0.25) is 4.79 Å². The Bertz CT molecular complexity index is 323. The average Bonchev–Trinajstić information content (AvgIpc) is 2.71. The van der Waals surface area contributed by atoms with Crippen LogP contribution >= 0.6 is 0 Å². The highest BCUT2D eigenvalue weighted by molar-refractivity contribution is 6.32. The molecule has 1 rings (SSSR count). The van der Waals surface area contributed by atoms with Crippen molar-refractivity contribution in [3.63, 3.8) is 0 Å². The smallest absolute Gasteiger partial charge is 0.396 e. The van der Waals surface area contributed by atoms with Gasteiger partial charge in [-0.05, 0) is 6.92 Å². The molecule has 0 radical (unpaired) electrons. The van der Waals surface area contributed by atoms with Crippen molar-refractivity contribution in [1.29, 1.82) is 0 Å². The fourth-order valence-corrected chi connectivity index (χ4v) is 0.858. The molecule has 1 aromatic heterocycles. The Morgan fingerprint density at radius 1 is 1.60 bits per heavy atom. The molecule has 0 aromatic carbocycles. The molecule has 0 fully saturated rings. The Kier molecular flexibility index (Phi) is 4.27. The third-order valence-corrected chi connectivity index (χ3v) is 1.49. The summed E-state index contributed by atoms with van der Waals surface area (Å²) in [5, 5.41) is 5.76. The lowest BCUT2D eigenvalue weighted by Gasteiger charge is -2.02. The van der Waals surface area contributed by atoms with Gasteiger partial charge in [0.15, 0.2) is 6.33 Å². The van der Waals surface area contributed by atoms with Crippen LogP contribution in [0.4, 0.5) is 0 Å². The Labute approximate surface area is 85.8 Å². The maximum Gasteiger partial charge on any atom is 0.396 e. The minimum atomic E-state index is -0.886. The van der Waals surface area contributed by atoms with Gasteiger partial charge in [0.2, 0.25) is 5.89 Å². The lowest BCUT2D eigenvalue weighted by Crippen LogP contribution is -2.33. The van der Waals surface area contributed by atoms with Gasteiger partial charge in [-0.1, -0.05) is 5.16 Å². The van der Waals surface area contributed by atoms with Crippen LogP contribution in [0.25, 0.3) is 0 Å². The van der Waals surface area contributed by atoms with Gasteiger partial charge < -0.3 is 14.6 Å². The molecule has 0 saturated heterocycles. The summed E-state index contributed by atoms with van der Waals surface area (Å²) in [5.74, 6) is -1.25. The van der Waals surface area contributed by atoms with E-state index < -0.39 is 11.9 Å². The average molecular weight is 213 g/mol. The zero-order chi connectivity index (χ0) is 11.1. The molecule has 0 spiro atoms. The molecule has 0 aliphatic rings. The van der Waals surface area contributed by atoms with Crippen LogP contribution in [-0.4, -0.2) is 35.2 Å². The first-order chi connectivity index (χ1) is 7.24. The Morgan fingerprint density at radius 2 is 2.40 bits per heavy atom. The molecule has 1 amide bonds. The molecular weight excluding hydrogens is 202 g/mol. The Morgan fingerprint density at radius 3 is 3.00 bits per heavy atom. The minimum absolute atomic E-state index is 0.177. The maximum atomic E-state index is 11.0. The fraction of sp³-hybridized carbons (Fsp3) is 0.500. The van der Waals surface area contributed by atoms with Crippen LogP contribution in [0.2, 0.25) is 0 Å². The summed E-state index contributed by atoms with van der Waals surface area (Å²) in [6.45, 7) is 2.05. The van der Waals surface area contributed by atoms with Crippen molar-refractivity contribution in [2.24, 2.45) is 0 Å². The predicted molar refractivity (Wildman–Crippen MR) is 47.6 cm³/mol. The summed E-state index contributed by atoms with van der Waals surface area (Å²) in [5.41, 5.74) is 0. The zero-order valence-corrected chi connectivity index (χ0v) is 8.23. The van der Waals surface area contributed by atoms with Crippen molar-refractivity contribution in [3.8, 4) is 0 Å². The molecule has 15 heavy (non-hydrogen) atoms. The summed E-state index contributed by atoms with van der Waals surface area (Å²) in [4.78, 5) is 25.6. The number of nitrogens with zero attached hydrogens (tertiary/aromatic N) is 2. The topological polar surface area (TPSA) is 94.3 Å². The third-order valence-electron chi connectivity index (χ3n) is 1.49. The number of esters is 1. The van der Waals surface area contributed by atoms with Crippen LogP contribution < -0.4 is 5.32 Å². The van der Waals surface area contributed by atoms with Crippen LogP contribution in [0.1, 0.15) is 12.8 Å². The highest BCUT2D eigenvalue weighted by atomic mass is 16.5. The number of hydrogen-bond donors (Lipinski definition) is 1. The highest BCUT2D eigenvalue weighted by Gasteiger charge is 2.13. The molecule has 0 bridgehead atoms. The van der Waals surface area contributed by atoms with Gasteiger partial charge >= 0.3 is 11.9 Å². The summed E-state index contributed by atoms with van der Waals surface area (Å²) >= 11 is 0. The summed E-state index contributed by atoms with van der Waals surface area (Å²) in [7, 11) is 0. The van der Waals surface area contributed by atoms with Crippen molar-refractivity contribution in [1.82, 2.24) is 15.5 Å². The summed E-state index contributed by atoms with van der Waals surface area (Å²) in [6, 6.07) is 0. The number of ether oxygens (including phenoxy) is 1. The van der Waals surface area contributed by atoms with Crippen molar-refractivity contribution >= 4 is 11.9 Å². The van der Waals surface area contributed by atoms with Crippen molar-refractivity contribution in [2.45, 2.75) is 13.3 Å². The van der Waals surface area contributed by atoms with E-state index in [1.807, 2.05) is 0 Å². The van der Waals surface area contributed by atoms with Gasteiger partial charge in [-0.15, -0.1) is 0 Å². The number of aromatic nitrogens is 2. The van der Waals surface area contributed by atoms with Crippen molar-refractivity contribution < 1.29 is 18.8 Å². The van der Waals surface area contributed by atoms with E-state index in [4.69, 9.17) is 4.52 Å². The van der Waals surface area contributed by atoms with Crippen molar-refractivity contribution in [3.05, 3.63) is 12.2 Å². The lowest BCUT2D eigenvalue weighted by atomic mass is 10.4. The molecule has 7 nitrogen and oxygen atoms in total. The van der Waals surface area contributed by atoms with E-state index in [-0.39, 0.29) is 13.2 Å². The summed E-state index contributed by atoms with van der Waals surface area (Å²) < 4.78 is 9.18. The SMILES string of the molecule is CCOC(=O)C(=O)NCCc1ncno1. The fourth-order valence-electron chi connectivity index (χ4n) is 0.858. The molecule has 7 heteroatoms. The van der Waals surface area contributed by atoms with Crippen LogP contribution in [-0.2, 0) is 20.7 Å². The molecule has 0 aliphatic heterocycles. The van der Waals surface area contributed by atoms with E-state index in [2.05, 4.69) is 20.2 Å². The molecule has 0 aliphatic carbocycles. The number of amides is 1. The van der Waals surface area contributed by atoms with Crippen molar-refractivity contribution in [2.75, 3.05) is 13.2 Å². The molecule has 0 unspecified atom stereocenters. The highest BCUT2D eigenvalue weighted by Crippen LogP contribution is 1.90. The lowest BCUT2D eigenvalue weighted by molar-refractivity contribution is -0.154. The van der Waals surface area contributed by atoms with Crippen LogP contribution in [0.5, 0.6) is 0 Å². The second-order valence-corrected chi connectivity index (χ2v) is 2.56. The van der Waals surface area contributed by atoms with Gasteiger partial charge in [0.05, 0.1) is 6.61 Å². The van der Waals surface area contributed by atoms with Gasteiger partial charge in [-0.25, -0.2) is 4.79 Å². The first-order valence-electron chi connectivity index (χ1n) is 4.44. The number of nitrogens with one attached hydrogen (secondary N) is 1. The minimum Gasteiger partial charge on any atom is -0.459 e. The number of carbonyl (C=O) groups excluding carboxylic acids is 2. The molecule has 1 N–H and O–H groups in total. The van der Waals surface area contributed by atoms with E-state index >= 15 is 0 Å². The molecule has 82 valence electrons. The van der Waals surface area contributed by atoms with E-state index in [0.717, 1.165) is 0 Å². The van der Waals surface area contributed by atoms with E-state index in [1.165, 1.54) is 6.33 Å². The largest absolute Gasteiger partial charge is 0.459 e. The second kappa shape index (κ2) is 5.74. The Balaban J connectivity index is 2.20. The molecule has 0 saturated carbocycles. The molecule has 1 aromatic rings. The van der Waals surface area contributed by atoms with Crippen LogP contribution in [0.15, 0.2) is 10.9 Å². The van der Waals surface area contributed by atoms with Crippen LogP contribution in [0, 0.1) is 0 Å². The number of rotatable bonds is 4. The normalized spacial score (nSPS) is 9.67. The molecule has 0 atom stereocenters. The number of hydrogen-bond acceptors (Lipinski definition) is 6. The monoisotopic (exact) mass is 213 g/mol. The third kappa shape index (κ3) is 3.75. The van der Waals surface area contributed by atoms with E-state index in [1.54, 1.807) is 6.92 Å². The van der Waals surface area contributed by atoms with Gasteiger partial charge in [0, 0.05) is 13.0 Å². The van der Waals surface area contributed by atoms with E-state index in [0.29, 0.717) is 12.3 Å². The van der Waals surface area contributed by atoms with Gasteiger partial charge in [0.25, 0.3) is 0 Å². The first-order valence-corrected chi connectivity index (χ1v) is 4.44.